The molecule has 10 heteroatoms. The van der Waals surface area contributed by atoms with Crippen LogP contribution in [0.2, 0.25) is 0 Å². The topological polar surface area (TPSA) is 79.8 Å². The molecule has 0 fully saturated rings. The molecule has 0 bridgehead atoms. The van der Waals surface area contributed by atoms with Crippen LogP contribution in [0.5, 0.6) is 17.2 Å². The van der Waals surface area contributed by atoms with Gasteiger partial charge in [-0.2, -0.15) is 0 Å². The Labute approximate surface area is 186 Å². The van der Waals surface area contributed by atoms with Gasteiger partial charge < -0.3 is 14.8 Å². The number of rotatable bonds is 8. The quantitative estimate of drug-likeness (QED) is 0.175. The Kier molecular flexibility index (Phi) is 7.52. The molecule has 3 aromatic rings. The standard InChI is InChI=1S/C23H18F4N2O4/c24-17-6-8-18(9-7-17)32-21-4-2-1-3-16(21)14-28-20-11-10-19(33-23(25,26)27)13-15(20)5-12-22(30)29-31/h1-13,28,31H,14H2,(H,29,30)/b12-5+. The fourth-order valence-electron chi connectivity index (χ4n) is 2.81. The second-order valence-electron chi connectivity index (χ2n) is 6.62. The van der Waals surface area contributed by atoms with Gasteiger partial charge in [0.1, 0.15) is 23.1 Å². The Morgan fingerprint density at radius 3 is 2.39 bits per heavy atom. The van der Waals surface area contributed by atoms with E-state index in [1.807, 2.05) is 0 Å². The van der Waals surface area contributed by atoms with Crippen molar-refractivity contribution in [3.05, 3.63) is 89.8 Å². The van der Waals surface area contributed by atoms with Gasteiger partial charge in [-0.05, 0) is 54.6 Å². The number of ether oxygens (including phenoxy) is 2. The van der Waals surface area contributed by atoms with Crippen molar-refractivity contribution in [3.63, 3.8) is 0 Å². The molecule has 3 N–H and O–H groups in total. The van der Waals surface area contributed by atoms with Gasteiger partial charge in [-0.1, -0.05) is 18.2 Å². The highest BCUT2D eigenvalue weighted by Crippen LogP contribution is 2.30. The zero-order valence-corrected chi connectivity index (χ0v) is 16.9. The molecule has 0 aliphatic carbocycles. The van der Waals surface area contributed by atoms with Crippen molar-refractivity contribution in [1.29, 1.82) is 0 Å². The zero-order chi connectivity index (χ0) is 23.8. The van der Waals surface area contributed by atoms with Crippen molar-refractivity contribution >= 4 is 17.7 Å². The smallest absolute Gasteiger partial charge is 0.457 e. The Hall–Kier alpha value is -4.05. The van der Waals surface area contributed by atoms with Gasteiger partial charge in [-0.15, -0.1) is 13.2 Å². The maximum atomic E-state index is 13.1. The van der Waals surface area contributed by atoms with Crippen LogP contribution in [-0.4, -0.2) is 17.5 Å². The van der Waals surface area contributed by atoms with Crippen LogP contribution in [0, 0.1) is 5.82 Å². The van der Waals surface area contributed by atoms with E-state index in [1.165, 1.54) is 41.9 Å². The number of carbonyl (C=O) groups is 1. The average Bonchev–Trinajstić information content (AvgIpc) is 2.78. The Bertz CT molecular complexity index is 1130. The van der Waals surface area contributed by atoms with Crippen molar-refractivity contribution in [2.45, 2.75) is 12.9 Å². The van der Waals surface area contributed by atoms with Crippen LogP contribution in [0.15, 0.2) is 72.8 Å². The summed E-state index contributed by atoms with van der Waals surface area (Å²) in [6.07, 6.45) is -2.71. The van der Waals surface area contributed by atoms with Crippen LogP contribution in [0.1, 0.15) is 11.1 Å². The summed E-state index contributed by atoms with van der Waals surface area (Å²) in [6, 6.07) is 16.1. The maximum absolute atomic E-state index is 13.1. The third kappa shape index (κ3) is 7.25. The monoisotopic (exact) mass is 462 g/mol. The summed E-state index contributed by atoms with van der Waals surface area (Å²) in [5.41, 5.74) is 2.71. The number of benzene rings is 3. The number of para-hydroxylation sites is 1. The molecule has 0 saturated carbocycles. The third-order valence-electron chi connectivity index (χ3n) is 4.26. The summed E-state index contributed by atoms with van der Waals surface area (Å²) in [7, 11) is 0. The second-order valence-corrected chi connectivity index (χ2v) is 6.62. The van der Waals surface area contributed by atoms with Gasteiger partial charge in [-0.25, -0.2) is 9.87 Å². The molecule has 0 spiro atoms. The van der Waals surface area contributed by atoms with Gasteiger partial charge >= 0.3 is 6.36 Å². The highest BCUT2D eigenvalue weighted by atomic mass is 19.4. The molecule has 1 amide bonds. The fraction of sp³-hybridized carbons (Fsp3) is 0.0870. The van der Waals surface area contributed by atoms with Crippen molar-refractivity contribution in [1.82, 2.24) is 5.48 Å². The van der Waals surface area contributed by atoms with E-state index in [2.05, 4.69) is 10.1 Å². The molecule has 3 rings (SSSR count). The number of carbonyl (C=O) groups excluding carboxylic acids is 1. The normalized spacial score (nSPS) is 11.3. The van der Waals surface area contributed by atoms with Gasteiger partial charge in [0.2, 0.25) is 0 Å². The number of halogens is 4. The SMILES string of the molecule is O=C(/C=C/c1cc(OC(F)(F)F)ccc1NCc1ccccc1Oc1ccc(F)cc1)NO. The molecule has 0 radical (unpaired) electrons. The van der Waals surface area contributed by atoms with Crippen LogP contribution in [0.4, 0.5) is 23.2 Å². The largest absolute Gasteiger partial charge is 0.573 e. The number of alkyl halides is 3. The molecule has 0 unspecified atom stereocenters. The van der Waals surface area contributed by atoms with Crippen molar-refractivity contribution in [2.75, 3.05) is 5.32 Å². The molecule has 3 aromatic carbocycles. The highest BCUT2D eigenvalue weighted by molar-refractivity contribution is 5.92. The highest BCUT2D eigenvalue weighted by Gasteiger charge is 2.31. The van der Waals surface area contributed by atoms with Crippen LogP contribution in [0.3, 0.4) is 0 Å². The minimum Gasteiger partial charge on any atom is -0.457 e. The van der Waals surface area contributed by atoms with E-state index in [0.29, 0.717) is 22.7 Å². The fourth-order valence-corrected chi connectivity index (χ4v) is 2.81. The number of hydrogen-bond acceptors (Lipinski definition) is 5. The van der Waals surface area contributed by atoms with E-state index in [1.54, 1.807) is 24.3 Å². The zero-order valence-electron chi connectivity index (χ0n) is 16.9. The number of amides is 1. The number of hydroxylamine groups is 1. The van der Waals surface area contributed by atoms with Crippen molar-refractivity contribution in [2.24, 2.45) is 0 Å². The molecule has 0 saturated heterocycles. The lowest BCUT2D eigenvalue weighted by molar-refractivity contribution is -0.274. The third-order valence-corrected chi connectivity index (χ3v) is 4.26. The lowest BCUT2D eigenvalue weighted by Crippen LogP contribution is -2.17. The molecule has 0 aromatic heterocycles. The second kappa shape index (κ2) is 10.5. The lowest BCUT2D eigenvalue weighted by Gasteiger charge is -2.15. The van der Waals surface area contributed by atoms with Crippen LogP contribution in [0.25, 0.3) is 6.08 Å². The van der Waals surface area contributed by atoms with E-state index in [4.69, 9.17) is 9.94 Å². The van der Waals surface area contributed by atoms with Gasteiger partial charge in [0.15, 0.2) is 0 Å². The van der Waals surface area contributed by atoms with Crippen LogP contribution in [-0.2, 0) is 11.3 Å². The van der Waals surface area contributed by atoms with Crippen LogP contribution < -0.4 is 20.3 Å². The van der Waals surface area contributed by atoms with Gasteiger partial charge in [-0.3, -0.25) is 10.0 Å². The van der Waals surface area contributed by atoms with Crippen LogP contribution >= 0.6 is 0 Å². The van der Waals surface area contributed by atoms with E-state index in [-0.39, 0.29) is 12.1 Å². The van der Waals surface area contributed by atoms with Gasteiger partial charge in [0.25, 0.3) is 5.91 Å². The first-order chi connectivity index (χ1) is 15.7. The molecule has 33 heavy (non-hydrogen) atoms. The van der Waals surface area contributed by atoms with Gasteiger partial charge in [0.05, 0.1) is 0 Å². The summed E-state index contributed by atoms with van der Waals surface area (Å²) >= 11 is 0. The first kappa shape index (κ1) is 23.6. The molecule has 6 nitrogen and oxygen atoms in total. The first-order valence-corrected chi connectivity index (χ1v) is 9.50. The lowest BCUT2D eigenvalue weighted by atomic mass is 10.1. The minimum absolute atomic E-state index is 0.206. The number of nitrogens with one attached hydrogen (secondary N) is 2. The number of hydrogen-bond donors (Lipinski definition) is 3. The summed E-state index contributed by atoms with van der Waals surface area (Å²) < 4.78 is 60.6. The number of anilines is 1. The summed E-state index contributed by atoms with van der Waals surface area (Å²) in [4.78, 5) is 11.3. The van der Waals surface area contributed by atoms with Crippen molar-refractivity contribution in [3.8, 4) is 17.2 Å². The Balaban J connectivity index is 1.82. The Morgan fingerprint density at radius 2 is 1.70 bits per heavy atom. The van der Waals surface area contributed by atoms with E-state index in [0.717, 1.165) is 18.2 Å². The van der Waals surface area contributed by atoms with E-state index >= 15 is 0 Å². The van der Waals surface area contributed by atoms with Crippen molar-refractivity contribution < 1.29 is 37.0 Å². The molecule has 0 aliphatic rings. The predicted molar refractivity (Wildman–Crippen MR) is 112 cm³/mol. The minimum atomic E-state index is -4.88. The van der Waals surface area contributed by atoms with Gasteiger partial charge in [0, 0.05) is 29.4 Å². The molecule has 172 valence electrons. The maximum Gasteiger partial charge on any atom is 0.573 e. The van der Waals surface area contributed by atoms with E-state index in [9.17, 15) is 22.4 Å². The summed E-state index contributed by atoms with van der Waals surface area (Å²) in [5.74, 6) is -0.814. The van der Waals surface area contributed by atoms with E-state index < -0.39 is 23.8 Å². The average molecular weight is 462 g/mol. The summed E-state index contributed by atoms with van der Waals surface area (Å²) in [6.45, 7) is 0.212. The molecule has 0 atom stereocenters. The molecular formula is C23H18F4N2O4. The predicted octanol–water partition coefficient (Wildman–Crippen LogP) is 5.65. The Morgan fingerprint density at radius 1 is 1.00 bits per heavy atom. The summed E-state index contributed by atoms with van der Waals surface area (Å²) in [5, 5.41) is 11.7. The molecule has 0 aliphatic heterocycles. The first-order valence-electron chi connectivity index (χ1n) is 9.50. The molecule has 0 heterocycles. The molecular weight excluding hydrogens is 444 g/mol.